The SMILES string of the molecule is COc1ccccc1OCCNC(=O)c1ccc(NS(=O)(=O)c2ccc(C)cc2)c(C)c1. The highest BCUT2D eigenvalue weighted by Gasteiger charge is 2.16. The van der Waals surface area contributed by atoms with Gasteiger partial charge in [0.1, 0.15) is 6.61 Å². The Morgan fingerprint density at radius 2 is 1.62 bits per heavy atom. The molecule has 2 N–H and O–H groups in total. The summed E-state index contributed by atoms with van der Waals surface area (Å²) in [6.45, 7) is 4.22. The zero-order valence-electron chi connectivity index (χ0n) is 18.2. The van der Waals surface area contributed by atoms with Crippen molar-refractivity contribution in [2.75, 3.05) is 25.0 Å². The van der Waals surface area contributed by atoms with Crippen LogP contribution in [0.2, 0.25) is 0 Å². The molecule has 0 spiro atoms. The average molecular weight is 455 g/mol. The van der Waals surface area contributed by atoms with Gasteiger partial charge < -0.3 is 14.8 Å². The Kier molecular flexibility index (Phi) is 7.37. The second-order valence-corrected chi connectivity index (χ2v) is 8.89. The molecular weight excluding hydrogens is 428 g/mol. The molecule has 0 saturated carbocycles. The number of carbonyl (C=O) groups is 1. The first-order valence-electron chi connectivity index (χ1n) is 10.0. The summed E-state index contributed by atoms with van der Waals surface area (Å²) < 4.78 is 38.7. The van der Waals surface area contributed by atoms with E-state index in [-0.39, 0.29) is 17.4 Å². The van der Waals surface area contributed by atoms with E-state index in [2.05, 4.69) is 10.0 Å². The van der Waals surface area contributed by atoms with Crippen LogP contribution in [0, 0.1) is 13.8 Å². The number of anilines is 1. The first-order chi connectivity index (χ1) is 15.3. The summed E-state index contributed by atoms with van der Waals surface area (Å²) in [4.78, 5) is 12.6. The van der Waals surface area contributed by atoms with Crippen molar-refractivity contribution in [2.45, 2.75) is 18.7 Å². The number of carbonyl (C=O) groups excluding carboxylic acids is 1. The normalized spacial score (nSPS) is 11.0. The van der Waals surface area contributed by atoms with Crippen LogP contribution in [-0.2, 0) is 10.0 Å². The van der Waals surface area contributed by atoms with Crippen molar-refractivity contribution in [3.05, 3.63) is 83.4 Å². The molecule has 3 aromatic rings. The third-order valence-electron chi connectivity index (χ3n) is 4.78. The molecular formula is C24H26N2O5S. The Bertz CT molecular complexity index is 1190. The molecule has 0 atom stereocenters. The lowest BCUT2D eigenvalue weighted by atomic mass is 10.1. The largest absolute Gasteiger partial charge is 0.493 e. The molecule has 0 bridgehead atoms. The maximum absolute atomic E-state index is 12.6. The number of para-hydroxylation sites is 2. The van der Waals surface area contributed by atoms with Crippen molar-refractivity contribution >= 4 is 21.6 Å². The minimum absolute atomic E-state index is 0.180. The summed E-state index contributed by atoms with van der Waals surface area (Å²) in [6.07, 6.45) is 0. The highest BCUT2D eigenvalue weighted by molar-refractivity contribution is 7.92. The molecule has 0 aliphatic heterocycles. The second-order valence-electron chi connectivity index (χ2n) is 7.20. The van der Waals surface area contributed by atoms with Crippen LogP contribution < -0.4 is 19.5 Å². The average Bonchev–Trinajstić information content (AvgIpc) is 2.78. The first-order valence-corrected chi connectivity index (χ1v) is 11.5. The van der Waals surface area contributed by atoms with Crippen molar-refractivity contribution in [3.8, 4) is 11.5 Å². The van der Waals surface area contributed by atoms with E-state index < -0.39 is 10.0 Å². The summed E-state index contributed by atoms with van der Waals surface area (Å²) >= 11 is 0. The van der Waals surface area contributed by atoms with Gasteiger partial charge in [-0.05, 0) is 61.9 Å². The molecule has 0 heterocycles. The molecule has 3 aromatic carbocycles. The Balaban J connectivity index is 1.58. The zero-order valence-corrected chi connectivity index (χ0v) is 19.0. The van der Waals surface area contributed by atoms with Gasteiger partial charge in [0, 0.05) is 5.56 Å². The van der Waals surface area contributed by atoms with E-state index in [0.717, 1.165) is 5.56 Å². The summed E-state index contributed by atoms with van der Waals surface area (Å²) in [5.41, 5.74) is 2.46. The lowest BCUT2D eigenvalue weighted by molar-refractivity contribution is 0.0946. The molecule has 0 aliphatic rings. The molecule has 7 nitrogen and oxygen atoms in total. The number of hydrogen-bond donors (Lipinski definition) is 2. The molecule has 0 fully saturated rings. The van der Waals surface area contributed by atoms with Crippen molar-refractivity contribution in [3.63, 3.8) is 0 Å². The van der Waals surface area contributed by atoms with Crippen LogP contribution in [0.15, 0.2) is 71.6 Å². The van der Waals surface area contributed by atoms with E-state index in [1.165, 1.54) is 0 Å². The molecule has 0 radical (unpaired) electrons. The van der Waals surface area contributed by atoms with Crippen LogP contribution in [-0.4, -0.2) is 34.6 Å². The van der Waals surface area contributed by atoms with Crippen LogP contribution in [0.1, 0.15) is 21.5 Å². The zero-order chi connectivity index (χ0) is 23.1. The van der Waals surface area contributed by atoms with Crippen LogP contribution in [0.5, 0.6) is 11.5 Å². The predicted octanol–water partition coefficient (Wildman–Crippen LogP) is 3.92. The fourth-order valence-electron chi connectivity index (χ4n) is 3.01. The predicted molar refractivity (Wildman–Crippen MR) is 124 cm³/mol. The van der Waals surface area contributed by atoms with Crippen molar-refractivity contribution < 1.29 is 22.7 Å². The Hall–Kier alpha value is -3.52. The van der Waals surface area contributed by atoms with Gasteiger partial charge in [0.2, 0.25) is 0 Å². The van der Waals surface area contributed by atoms with Gasteiger partial charge >= 0.3 is 0 Å². The van der Waals surface area contributed by atoms with E-state index in [9.17, 15) is 13.2 Å². The third-order valence-corrected chi connectivity index (χ3v) is 6.16. The molecule has 0 saturated heterocycles. The lowest BCUT2D eigenvalue weighted by Crippen LogP contribution is -2.28. The van der Waals surface area contributed by atoms with Gasteiger partial charge in [-0.3, -0.25) is 9.52 Å². The minimum Gasteiger partial charge on any atom is -0.493 e. The summed E-state index contributed by atoms with van der Waals surface area (Å²) in [6, 6.07) is 18.7. The number of aryl methyl sites for hydroxylation is 2. The van der Waals surface area contributed by atoms with Gasteiger partial charge in [0.05, 0.1) is 24.2 Å². The van der Waals surface area contributed by atoms with Crippen LogP contribution in [0.3, 0.4) is 0 Å². The Morgan fingerprint density at radius 1 is 0.938 bits per heavy atom. The summed E-state index contributed by atoms with van der Waals surface area (Å²) in [7, 11) is -2.15. The van der Waals surface area contributed by atoms with E-state index >= 15 is 0 Å². The van der Waals surface area contributed by atoms with E-state index in [4.69, 9.17) is 9.47 Å². The highest BCUT2D eigenvalue weighted by Crippen LogP contribution is 2.25. The van der Waals surface area contributed by atoms with Crippen molar-refractivity contribution in [1.82, 2.24) is 5.32 Å². The number of amides is 1. The molecule has 32 heavy (non-hydrogen) atoms. The highest BCUT2D eigenvalue weighted by atomic mass is 32.2. The Morgan fingerprint density at radius 3 is 2.28 bits per heavy atom. The maximum atomic E-state index is 12.6. The summed E-state index contributed by atoms with van der Waals surface area (Å²) in [5.74, 6) is 0.952. The van der Waals surface area contributed by atoms with Gasteiger partial charge in [-0.25, -0.2) is 8.42 Å². The van der Waals surface area contributed by atoms with Crippen LogP contribution in [0.25, 0.3) is 0 Å². The molecule has 3 rings (SSSR count). The number of rotatable bonds is 9. The number of methoxy groups -OCH3 is 1. The van der Waals surface area contributed by atoms with Gasteiger partial charge in [-0.2, -0.15) is 0 Å². The van der Waals surface area contributed by atoms with Crippen LogP contribution in [0.4, 0.5) is 5.69 Å². The fraction of sp³-hybridized carbons (Fsp3) is 0.208. The monoisotopic (exact) mass is 454 g/mol. The number of nitrogens with one attached hydrogen (secondary N) is 2. The molecule has 8 heteroatoms. The van der Waals surface area contributed by atoms with E-state index in [1.54, 1.807) is 68.6 Å². The standard InChI is InChI=1S/C24H26N2O5S/c1-17-8-11-20(12-9-17)32(28,29)26-21-13-10-19(16-18(21)2)24(27)25-14-15-31-23-7-5-4-6-22(23)30-3/h4-13,16,26H,14-15H2,1-3H3,(H,25,27). The third kappa shape index (κ3) is 5.79. The van der Waals surface area contributed by atoms with Crippen molar-refractivity contribution in [1.29, 1.82) is 0 Å². The van der Waals surface area contributed by atoms with E-state index in [0.29, 0.717) is 34.9 Å². The van der Waals surface area contributed by atoms with E-state index in [1.807, 2.05) is 19.1 Å². The summed E-state index contributed by atoms with van der Waals surface area (Å²) in [5, 5.41) is 2.79. The smallest absolute Gasteiger partial charge is 0.261 e. The fourth-order valence-corrected chi connectivity index (χ4v) is 4.14. The number of sulfonamides is 1. The van der Waals surface area contributed by atoms with Gasteiger partial charge in [0.25, 0.3) is 15.9 Å². The lowest BCUT2D eigenvalue weighted by Gasteiger charge is -2.13. The second kappa shape index (κ2) is 10.2. The van der Waals surface area contributed by atoms with Gasteiger partial charge in [-0.1, -0.05) is 29.8 Å². The first kappa shape index (κ1) is 23.1. The van der Waals surface area contributed by atoms with Gasteiger partial charge in [-0.15, -0.1) is 0 Å². The number of hydrogen-bond acceptors (Lipinski definition) is 5. The Labute approximate surface area is 188 Å². The molecule has 0 aliphatic carbocycles. The quantitative estimate of drug-likeness (QED) is 0.478. The topological polar surface area (TPSA) is 93.7 Å². The molecule has 0 aromatic heterocycles. The minimum atomic E-state index is -3.71. The maximum Gasteiger partial charge on any atom is 0.261 e. The van der Waals surface area contributed by atoms with Crippen LogP contribution >= 0.6 is 0 Å². The van der Waals surface area contributed by atoms with Crippen molar-refractivity contribution in [2.24, 2.45) is 0 Å². The number of ether oxygens (including phenoxy) is 2. The number of benzene rings is 3. The molecule has 1 amide bonds. The molecule has 0 unspecified atom stereocenters. The molecule has 168 valence electrons. The van der Waals surface area contributed by atoms with Gasteiger partial charge in [0.15, 0.2) is 11.5 Å².